The summed E-state index contributed by atoms with van der Waals surface area (Å²) in [7, 11) is 1.66. The topological polar surface area (TPSA) is 190 Å². The van der Waals surface area contributed by atoms with Gasteiger partial charge >= 0.3 is 12.2 Å². The number of methoxy groups -OCH3 is 3. The van der Waals surface area contributed by atoms with Crippen molar-refractivity contribution in [2.45, 2.75) is 97.0 Å². The third-order valence-electron chi connectivity index (χ3n) is 13.7. The van der Waals surface area contributed by atoms with Crippen molar-refractivity contribution in [2.75, 3.05) is 70.7 Å². The Hall–Kier alpha value is -4.70. The van der Waals surface area contributed by atoms with E-state index in [0.29, 0.717) is 17.9 Å². The van der Waals surface area contributed by atoms with Gasteiger partial charge < -0.3 is 57.9 Å². The van der Waals surface area contributed by atoms with E-state index in [1.54, 1.807) is 31.3 Å². The molecule has 4 heterocycles. The van der Waals surface area contributed by atoms with Crippen LogP contribution in [0.3, 0.4) is 0 Å². The Balaban J connectivity index is 1.18. The summed E-state index contributed by atoms with van der Waals surface area (Å²) in [5.41, 5.74) is 7.97. The smallest absolute Gasteiger partial charge is 0.416 e. The lowest BCUT2D eigenvalue weighted by Crippen LogP contribution is -2.58. The number of benzene rings is 3. The van der Waals surface area contributed by atoms with Gasteiger partial charge in [0.15, 0.2) is 37.5 Å². The van der Waals surface area contributed by atoms with Gasteiger partial charge in [-0.15, -0.1) is 0 Å². The van der Waals surface area contributed by atoms with Gasteiger partial charge in [0.25, 0.3) is 11.8 Å². The van der Waals surface area contributed by atoms with Gasteiger partial charge in [0, 0.05) is 43.9 Å². The summed E-state index contributed by atoms with van der Waals surface area (Å²) in [4.78, 5) is 63.6. The van der Waals surface area contributed by atoms with Crippen LogP contribution < -0.4 is 39.2 Å². The Labute approximate surface area is 473 Å². The average molecular weight is 1190 g/mol. The third kappa shape index (κ3) is 13.1. The summed E-state index contributed by atoms with van der Waals surface area (Å²) in [6.45, 7) is 11.3. The number of hydrogen-bond donors (Lipinski definition) is 1. The summed E-state index contributed by atoms with van der Waals surface area (Å²) in [5.74, 6) is 1.00. The second kappa shape index (κ2) is 23.7. The third-order valence-corrected chi connectivity index (χ3v) is 18.8. The van der Waals surface area contributed by atoms with Gasteiger partial charge in [0.1, 0.15) is 24.7 Å². The fourth-order valence-corrected chi connectivity index (χ4v) is 10.4. The highest BCUT2D eigenvalue weighted by Gasteiger charge is 2.52. The standard InChI is InChI=1S/C51H61Cl6N5O13Si/c1-29-36-19-31(30-11-13-32(67-5)14-12-30)25-59(36)44(63)34-21-40(68-6)42(23-37(34)61(29)47(65)73-27-50(52,53)54)71-16-10-17-72-43-24-38-35(22-41(43)69-7)45(64)60-26-33(70-18-15-58)20-39(60)46(75-76(8,9)49(2,3)4)62(38)48(66)74-28-51(55,56)57/h11-14,21-26,29,36,39,46H,10,15-20,27-28,58H2,1-9H3/t29-,36?,39?,46-/m1/s1. The number of anilines is 2. The van der Waals surface area contributed by atoms with Crippen molar-refractivity contribution in [2.24, 2.45) is 5.73 Å². The van der Waals surface area contributed by atoms with E-state index in [2.05, 4.69) is 0 Å². The number of nitrogens with two attached hydrogens (primary N) is 1. The molecule has 0 fully saturated rings. The summed E-state index contributed by atoms with van der Waals surface area (Å²) >= 11 is 36.3. The molecule has 25 heteroatoms. The van der Waals surface area contributed by atoms with Crippen LogP contribution in [-0.2, 0) is 18.6 Å². The Kier molecular flexibility index (Phi) is 18.4. The van der Waals surface area contributed by atoms with Crippen molar-refractivity contribution in [1.29, 1.82) is 0 Å². The van der Waals surface area contributed by atoms with Crippen molar-refractivity contribution >= 4 is 119 Å². The monoisotopic (exact) mass is 1190 g/mol. The zero-order chi connectivity index (χ0) is 55.7. The van der Waals surface area contributed by atoms with E-state index in [-0.39, 0.29) is 89.7 Å². The SMILES string of the molecule is COc1ccc(C2=CN3C(=O)c4cc(OC)c(OCCCOc5cc6c(cc5OC)C(=O)N5C=C(OCCN)CC5[C@@H](O[Si](C)(C)C(C)(C)C)N6C(=O)OCC(Cl)(Cl)Cl)cc4N(C(=O)OCC(Cl)(Cl)Cl)[C@H](C)C3C2)cc1. The second-order valence-electron chi connectivity index (χ2n) is 19.8. The first kappa shape index (κ1) is 59.0. The van der Waals surface area contributed by atoms with Gasteiger partial charge in [-0.3, -0.25) is 14.5 Å². The lowest BCUT2D eigenvalue weighted by atomic mass is 9.98. The van der Waals surface area contributed by atoms with E-state index in [1.807, 2.05) is 58.1 Å². The maximum atomic E-state index is 14.7. The largest absolute Gasteiger partial charge is 0.497 e. The van der Waals surface area contributed by atoms with Crippen molar-refractivity contribution in [3.8, 4) is 28.7 Å². The molecule has 4 aliphatic heterocycles. The van der Waals surface area contributed by atoms with Crippen LogP contribution in [0.2, 0.25) is 18.1 Å². The molecular formula is C51H61Cl6N5O13Si. The molecule has 2 unspecified atom stereocenters. The van der Waals surface area contributed by atoms with E-state index < -0.39 is 77.5 Å². The van der Waals surface area contributed by atoms with E-state index in [9.17, 15) is 19.2 Å². The van der Waals surface area contributed by atoms with Crippen molar-refractivity contribution in [3.63, 3.8) is 0 Å². The van der Waals surface area contributed by atoms with E-state index >= 15 is 0 Å². The van der Waals surface area contributed by atoms with Gasteiger partial charge in [-0.05, 0) is 66.9 Å². The molecule has 0 aliphatic carbocycles. The molecule has 0 aromatic heterocycles. The van der Waals surface area contributed by atoms with Crippen LogP contribution >= 0.6 is 69.6 Å². The molecule has 0 saturated heterocycles. The Morgan fingerprint density at radius 2 is 1.18 bits per heavy atom. The van der Waals surface area contributed by atoms with Gasteiger partial charge in [-0.1, -0.05) is 103 Å². The van der Waals surface area contributed by atoms with E-state index in [1.165, 1.54) is 53.2 Å². The predicted molar refractivity (Wildman–Crippen MR) is 295 cm³/mol. The Morgan fingerprint density at radius 3 is 1.67 bits per heavy atom. The van der Waals surface area contributed by atoms with Gasteiger partial charge in [0.2, 0.25) is 7.59 Å². The molecule has 4 atom stereocenters. The number of alkyl halides is 6. The summed E-state index contributed by atoms with van der Waals surface area (Å²) in [5, 5.41) is -0.347. The van der Waals surface area contributed by atoms with Crippen LogP contribution in [0.4, 0.5) is 21.0 Å². The predicted octanol–water partition coefficient (Wildman–Crippen LogP) is 11.2. The second-order valence-corrected chi connectivity index (χ2v) is 29.6. The van der Waals surface area contributed by atoms with Crippen LogP contribution in [0.1, 0.15) is 73.2 Å². The van der Waals surface area contributed by atoms with Crippen LogP contribution in [0.25, 0.3) is 5.57 Å². The quantitative estimate of drug-likeness (QED) is 0.0763. The molecule has 3 aromatic carbocycles. The highest BCUT2D eigenvalue weighted by atomic mass is 35.6. The Bertz CT molecular complexity index is 2730. The summed E-state index contributed by atoms with van der Waals surface area (Å²) in [6, 6.07) is 11.5. The lowest BCUT2D eigenvalue weighted by molar-refractivity contribution is 0.0575. The normalized spacial score (nSPS) is 19.6. The number of carbonyl (C=O) groups excluding carboxylic acids is 4. The minimum absolute atomic E-state index is 0.0157. The van der Waals surface area contributed by atoms with Gasteiger partial charge in [0.05, 0.1) is 81.8 Å². The van der Waals surface area contributed by atoms with Crippen LogP contribution in [0.5, 0.6) is 28.7 Å². The molecular weight excluding hydrogens is 1130 g/mol. The zero-order valence-electron chi connectivity index (χ0n) is 43.4. The number of hydrogen-bond acceptors (Lipinski definition) is 14. The number of rotatable bonds is 17. The number of amides is 4. The minimum Gasteiger partial charge on any atom is -0.497 e. The molecule has 4 amide bonds. The number of halogens is 6. The number of carbonyl (C=O) groups is 4. The molecule has 0 radical (unpaired) electrons. The number of nitrogens with zero attached hydrogens (tertiary/aromatic N) is 4. The van der Waals surface area contributed by atoms with Crippen LogP contribution in [-0.4, -0.2) is 135 Å². The van der Waals surface area contributed by atoms with Gasteiger partial charge in [-0.25, -0.2) is 14.5 Å². The minimum atomic E-state index is -2.76. The maximum absolute atomic E-state index is 14.7. The maximum Gasteiger partial charge on any atom is 0.416 e. The van der Waals surface area contributed by atoms with Crippen molar-refractivity contribution in [3.05, 3.63) is 83.4 Å². The molecule has 414 valence electrons. The molecule has 0 saturated carbocycles. The molecule has 18 nitrogen and oxygen atoms in total. The number of ether oxygens (including phenoxy) is 8. The molecule has 7 rings (SSSR count). The fraction of sp³-hybridized carbons (Fsp3) is 0.490. The lowest BCUT2D eigenvalue weighted by Gasteiger charge is -2.44. The molecule has 2 N–H and O–H groups in total. The van der Waals surface area contributed by atoms with Crippen molar-refractivity contribution in [1.82, 2.24) is 9.80 Å². The number of fused-ring (bicyclic) bond motifs is 4. The first-order chi connectivity index (χ1) is 35.7. The Morgan fingerprint density at radius 1 is 0.671 bits per heavy atom. The summed E-state index contributed by atoms with van der Waals surface area (Å²) < 4.78 is 49.8. The first-order valence-electron chi connectivity index (χ1n) is 24.2. The highest BCUT2D eigenvalue weighted by Crippen LogP contribution is 2.48. The molecule has 76 heavy (non-hydrogen) atoms. The van der Waals surface area contributed by atoms with Crippen LogP contribution in [0.15, 0.2) is 66.7 Å². The van der Waals surface area contributed by atoms with E-state index in [0.717, 1.165) is 11.1 Å². The molecule has 4 aliphatic rings. The van der Waals surface area contributed by atoms with Crippen molar-refractivity contribution < 1.29 is 61.5 Å². The summed E-state index contributed by atoms with van der Waals surface area (Å²) in [6.07, 6.45) is 1.26. The average Bonchev–Trinajstić information content (AvgIpc) is 3.99. The fourth-order valence-electron chi connectivity index (χ4n) is 8.88. The zero-order valence-corrected chi connectivity index (χ0v) is 48.9. The first-order valence-corrected chi connectivity index (χ1v) is 29.3. The molecule has 0 bridgehead atoms. The van der Waals surface area contributed by atoms with E-state index in [4.69, 9.17) is 118 Å². The molecule has 3 aromatic rings. The highest BCUT2D eigenvalue weighted by molar-refractivity contribution is 6.74. The molecule has 0 spiro atoms. The van der Waals surface area contributed by atoms with Gasteiger partial charge in [-0.2, -0.15) is 0 Å². The van der Waals surface area contributed by atoms with Crippen LogP contribution in [0, 0.1) is 0 Å².